The van der Waals surface area contributed by atoms with Crippen LogP contribution in [0.4, 0.5) is 18.9 Å². The number of fused-ring (bicyclic) bond motifs is 1. The van der Waals surface area contributed by atoms with Crippen molar-refractivity contribution in [2.75, 3.05) is 5.32 Å². The highest BCUT2D eigenvalue weighted by molar-refractivity contribution is 7.14. The van der Waals surface area contributed by atoms with Gasteiger partial charge in [0.1, 0.15) is 0 Å². The third-order valence-corrected chi connectivity index (χ3v) is 4.49. The zero-order valence-corrected chi connectivity index (χ0v) is 11.1. The van der Waals surface area contributed by atoms with Crippen LogP contribution in [0.15, 0.2) is 18.2 Å². The molecule has 1 aromatic heterocycles. The second kappa shape index (κ2) is 4.94. The fourth-order valence-corrected chi connectivity index (χ4v) is 3.40. The van der Waals surface area contributed by atoms with Crippen LogP contribution in [0.3, 0.4) is 0 Å². The molecule has 0 aliphatic heterocycles. The van der Waals surface area contributed by atoms with Gasteiger partial charge in [-0.3, -0.25) is 4.79 Å². The summed E-state index contributed by atoms with van der Waals surface area (Å²) in [7, 11) is 0. The molecule has 1 N–H and O–H groups in total. The molecule has 0 bridgehead atoms. The number of amides is 1. The Morgan fingerprint density at radius 3 is 2.70 bits per heavy atom. The summed E-state index contributed by atoms with van der Waals surface area (Å²) in [6, 6.07) is 3.56. The fraction of sp³-hybridized carbons (Fsp3) is 0.214. The maximum absolute atomic E-state index is 13.5. The lowest BCUT2D eigenvalue weighted by molar-refractivity contribution is 0.103. The van der Waals surface area contributed by atoms with E-state index in [1.54, 1.807) is 6.07 Å². The Bertz CT molecular complexity index is 674. The van der Waals surface area contributed by atoms with Crippen molar-refractivity contribution in [3.05, 3.63) is 51.0 Å². The Balaban J connectivity index is 1.84. The summed E-state index contributed by atoms with van der Waals surface area (Å²) in [6.45, 7) is 0. The number of carbonyl (C=O) groups is 1. The molecule has 3 rings (SSSR count). The molecule has 1 aromatic carbocycles. The lowest BCUT2D eigenvalue weighted by atomic mass is 10.2. The molecule has 0 fully saturated rings. The first kappa shape index (κ1) is 13.2. The molecule has 104 valence electrons. The lowest BCUT2D eigenvalue weighted by Gasteiger charge is -2.06. The number of hydrogen-bond acceptors (Lipinski definition) is 2. The van der Waals surface area contributed by atoms with Crippen molar-refractivity contribution in [3.63, 3.8) is 0 Å². The normalized spacial score (nSPS) is 13.3. The van der Waals surface area contributed by atoms with Crippen molar-refractivity contribution in [1.29, 1.82) is 0 Å². The predicted molar refractivity (Wildman–Crippen MR) is 70.6 cm³/mol. The number of thiophene rings is 1. The van der Waals surface area contributed by atoms with Crippen molar-refractivity contribution < 1.29 is 18.0 Å². The number of aryl methyl sites for hydroxylation is 2. The monoisotopic (exact) mass is 297 g/mol. The summed E-state index contributed by atoms with van der Waals surface area (Å²) in [5, 5.41) is 2.27. The van der Waals surface area contributed by atoms with Gasteiger partial charge in [-0.05, 0) is 43.0 Å². The highest BCUT2D eigenvalue weighted by Gasteiger charge is 2.20. The van der Waals surface area contributed by atoms with E-state index in [4.69, 9.17) is 0 Å². The Morgan fingerprint density at radius 2 is 1.95 bits per heavy atom. The van der Waals surface area contributed by atoms with Crippen LogP contribution in [0.5, 0.6) is 0 Å². The first-order valence-electron chi connectivity index (χ1n) is 6.12. The number of benzene rings is 1. The van der Waals surface area contributed by atoms with Crippen molar-refractivity contribution in [2.24, 2.45) is 0 Å². The Kier molecular flexibility index (Phi) is 3.25. The molecule has 1 aliphatic rings. The van der Waals surface area contributed by atoms with E-state index in [0.717, 1.165) is 37.0 Å². The largest absolute Gasteiger partial charge is 0.319 e. The van der Waals surface area contributed by atoms with E-state index in [1.165, 1.54) is 16.2 Å². The molecule has 0 atom stereocenters. The number of hydrogen-bond donors (Lipinski definition) is 1. The Hall–Kier alpha value is -1.82. The van der Waals surface area contributed by atoms with E-state index in [1.807, 2.05) is 0 Å². The van der Waals surface area contributed by atoms with Gasteiger partial charge in [-0.15, -0.1) is 11.3 Å². The Labute approximate surface area is 117 Å². The predicted octanol–water partition coefficient (Wildman–Crippen LogP) is 3.91. The summed E-state index contributed by atoms with van der Waals surface area (Å²) in [6.07, 6.45) is 2.98. The van der Waals surface area contributed by atoms with Crippen LogP contribution in [0.25, 0.3) is 0 Å². The number of nitrogens with one attached hydrogen (secondary N) is 1. The first-order valence-corrected chi connectivity index (χ1v) is 6.94. The van der Waals surface area contributed by atoms with Crippen LogP contribution >= 0.6 is 11.3 Å². The zero-order chi connectivity index (χ0) is 14.3. The second-order valence-corrected chi connectivity index (χ2v) is 5.73. The molecule has 0 radical (unpaired) electrons. The van der Waals surface area contributed by atoms with Crippen LogP contribution in [0, 0.1) is 17.5 Å². The molecule has 6 heteroatoms. The van der Waals surface area contributed by atoms with Crippen LogP contribution in [-0.4, -0.2) is 5.91 Å². The summed E-state index contributed by atoms with van der Waals surface area (Å²) >= 11 is 1.36. The average Bonchev–Trinajstić information content (AvgIpc) is 3.00. The van der Waals surface area contributed by atoms with E-state index >= 15 is 0 Å². The quantitative estimate of drug-likeness (QED) is 0.837. The van der Waals surface area contributed by atoms with E-state index in [2.05, 4.69) is 5.32 Å². The highest BCUT2D eigenvalue weighted by atomic mass is 32.1. The van der Waals surface area contributed by atoms with E-state index in [9.17, 15) is 18.0 Å². The SMILES string of the molecule is O=C(Nc1ccc(F)c(F)c1F)c1cc2c(s1)CCC2. The standard InChI is InChI=1S/C14H10F3NOS/c15-8-4-5-9(13(17)12(8)16)18-14(19)11-6-7-2-1-3-10(7)20-11/h4-6H,1-3H2,(H,18,19). The molecule has 1 amide bonds. The van der Waals surface area contributed by atoms with Crippen LogP contribution in [0.2, 0.25) is 0 Å². The fourth-order valence-electron chi connectivity index (χ4n) is 2.25. The smallest absolute Gasteiger partial charge is 0.265 e. The molecular formula is C14H10F3NOS. The van der Waals surface area contributed by atoms with Gasteiger partial charge in [-0.1, -0.05) is 0 Å². The number of anilines is 1. The highest BCUT2D eigenvalue weighted by Crippen LogP contribution is 2.31. The maximum Gasteiger partial charge on any atom is 0.265 e. The van der Waals surface area contributed by atoms with E-state index in [-0.39, 0.29) is 5.69 Å². The zero-order valence-electron chi connectivity index (χ0n) is 10.3. The van der Waals surface area contributed by atoms with E-state index in [0.29, 0.717) is 4.88 Å². The van der Waals surface area contributed by atoms with E-state index < -0.39 is 23.4 Å². The van der Waals surface area contributed by atoms with Crippen molar-refractivity contribution in [1.82, 2.24) is 0 Å². The van der Waals surface area contributed by atoms with Crippen molar-refractivity contribution in [2.45, 2.75) is 19.3 Å². The number of rotatable bonds is 2. The van der Waals surface area contributed by atoms with Gasteiger partial charge in [0.15, 0.2) is 17.5 Å². The van der Waals surface area contributed by atoms with Crippen molar-refractivity contribution in [3.8, 4) is 0 Å². The minimum absolute atomic E-state index is 0.359. The van der Waals surface area contributed by atoms with Crippen LogP contribution < -0.4 is 5.32 Å². The third kappa shape index (κ3) is 2.20. The summed E-state index contributed by atoms with van der Waals surface area (Å²) < 4.78 is 39.4. The molecule has 2 nitrogen and oxygen atoms in total. The van der Waals surface area contributed by atoms with Gasteiger partial charge in [0.25, 0.3) is 5.91 Å². The Morgan fingerprint density at radius 1 is 1.15 bits per heavy atom. The molecular weight excluding hydrogens is 287 g/mol. The maximum atomic E-state index is 13.5. The van der Waals surface area contributed by atoms with Crippen LogP contribution in [-0.2, 0) is 12.8 Å². The molecule has 1 aliphatic carbocycles. The van der Waals surface area contributed by atoms with Gasteiger partial charge in [0, 0.05) is 4.88 Å². The summed E-state index contributed by atoms with van der Waals surface area (Å²) in [5.74, 6) is -4.76. The molecule has 20 heavy (non-hydrogen) atoms. The topological polar surface area (TPSA) is 29.1 Å². The molecule has 0 unspecified atom stereocenters. The third-order valence-electron chi connectivity index (χ3n) is 3.25. The molecule has 0 saturated heterocycles. The molecule has 0 saturated carbocycles. The van der Waals surface area contributed by atoms with Gasteiger partial charge in [0.2, 0.25) is 0 Å². The van der Waals surface area contributed by atoms with Crippen LogP contribution in [0.1, 0.15) is 26.5 Å². The van der Waals surface area contributed by atoms with Gasteiger partial charge < -0.3 is 5.32 Å². The average molecular weight is 297 g/mol. The van der Waals surface area contributed by atoms with Gasteiger partial charge in [-0.25, -0.2) is 13.2 Å². The molecule has 1 heterocycles. The molecule has 2 aromatic rings. The first-order chi connectivity index (χ1) is 9.56. The number of halogens is 3. The van der Waals surface area contributed by atoms with Gasteiger partial charge in [-0.2, -0.15) is 0 Å². The summed E-state index contributed by atoms with van der Waals surface area (Å²) in [5.41, 5.74) is 0.786. The van der Waals surface area contributed by atoms with Gasteiger partial charge >= 0.3 is 0 Å². The van der Waals surface area contributed by atoms with Gasteiger partial charge in [0.05, 0.1) is 10.6 Å². The van der Waals surface area contributed by atoms with Crippen molar-refractivity contribution >= 4 is 22.9 Å². The minimum Gasteiger partial charge on any atom is -0.319 e. The minimum atomic E-state index is -1.59. The summed E-state index contributed by atoms with van der Waals surface area (Å²) in [4.78, 5) is 13.6. The second-order valence-electron chi connectivity index (χ2n) is 4.59. The molecule has 0 spiro atoms. The number of carbonyl (C=O) groups excluding carboxylic acids is 1. The lowest BCUT2D eigenvalue weighted by Crippen LogP contribution is -2.12.